The first kappa shape index (κ1) is 13.5. The highest BCUT2D eigenvalue weighted by molar-refractivity contribution is 7.92. The molecule has 0 unspecified atom stereocenters. The van der Waals surface area contributed by atoms with Crippen molar-refractivity contribution < 1.29 is 25.8 Å². The van der Waals surface area contributed by atoms with Gasteiger partial charge in [-0.3, -0.25) is 0 Å². The van der Waals surface area contributed by atoms with E-state index >= 15 is 0 Å². The van der Waals surface area contributed by atoms with Gasteiger partial charge in [0.05, 0.1) is 4.90 Å². The van der Waals surface area contributed by atoms with E-state index < -0.39 is 35.8 Å². The molecule has 17 heavy (non-hydrogen) atoms. The van der Waals surface area contributed by atoms with E-state index in [2.05, 4.69) is 9.92 Å². The third-order valence-electron chi connectivity index (χ3n) is 1.71. The zero-order valence-electron chi connectivity index (χ0n) is 8.65. The molecule has 1 rings (SSSR count). The van der Waals surface area contributed by atoms with E-state index in [1.165, 1.54) is 12.1 Å². The van der Waals surface area contributed by atoms with E-state index in [9.17, 15) is 21.6 Å². The summed E-state index contributed by atoms with van der Waals surface area (Å²) in [5.41, 5.74) is 4.59. The molecule has 1 aromatic carbocycles. The maximum Gasteiger partial charge on any atom is 0.420 e. The number of amides is 1. The average Bonchev–Trinajstić information content (AvgIpc) is 2.14. The summed E-state index contributed by atoms with van der Waals surface area (Å²) in [6, 6.07) is 4.74. The Bertz CT molecular complexity index is 646. The molecule has 0 aliphatic heterocycles. The van der Waals surface area contributed by atoms with Gasteiger partial charge in [0.25, 0.3) is 0 Å². The van der Waals surface area contributed by atoms with Gasteiger partial charge in [-0.25, -0.2) is 13.2 Å². The second-order valence-corrected chi connectivity index (χ2v) is 6.57. The van der Waals surface area contributed by atoms with Gasteiger partial charge in [-0.05, 0) is 12.1 Å². The topological polar surface area (TPSA) is 121 Å². The third-order valence-corrected chi connectivity index (χ3v) is 4.27. The van der Waals surface area contributed by atoms with Crippen molar-refractivity contribution in [1.82, 2.24) is 0 Å². The second-order valence-electron chi connectivity index (χ2n) is 3.08. The Balaban J connectivity index is 3.48. The Labute approximate surface area is 98.2 Å². The van der Waals surface area contributed by atoms with Gasteiger partial charge in [-0.1, -0.05) is 12.1 Å². The lowest BCUT2D eigenvalue weighted by atomic mass is 10.4. The number of hydrogen-bond donors (Lipinski definition) is 1. The summed E-state index contributed by atoms with van der Waals surface area (Å²) in [6.07, 6.45) is -0.695. The van der Waals surface area contributed by atoms with E-state index in [4.69, 9.17) is 0 Å². The van der Waals surface area contributed by atoms with Crippen LogP contribution < -0.4 is 5.73 Å². The molecule has 9 heteroatoms. The van der Waals surface area contributed by atoms with Crippen molar-refractivity contribution in [3.8, 4) is 0 Å². The van der Waals surface area contributed by atoms with Crippen molar-refractivity contribution >= 4 is 26.0 Å². The van der Waals surface area contributed by atoms with E-state index in [1.54, 1.807) is 0 Å². The summed E-state index contributed by atoms with van der Waals surface area (Å²) in [4.78, 5) is 9.34. The number of primary amides is 1. The van der Waals surface area contributed by atoms with Gasteiger partial charge < -0.3 is 9.92 Å². The number of rotatable bonds is 3. The summed E-state index contributed by atoms with van der Waals surface area (Å²) in [7, 11) is -8.29. The van der Waals surface area contributed by atoms with Crippen LogP contribution in [0.3, 0.4) is 0 Å². The fourth-order valence-corrected chi connectivity index (χ4v) is 3.50. The first-order chi connectivity index (χ1) is 7.64. The molecule has 0 saturated heterocycles. The van der Waals surface area contributed by atoms with Crippen LogP contribution in [0.5, 0.6) is 0 Å². The first-order valence-electron chi connectivity index (χ1n) is 4.17. The minimum absolute atomic E-state index is 0.457. The highest BCUT2D eigenvalue weighted by Gasteiger charge is 2.26. The number of benzene rings is 1. The average molecular weight is 279 g/mol. The van der Waals surface area contributed by atoms with Crippen molar-refractivity contribution in [2.24, 2.45) is 5.73 Å². The first-order valence-corrected chi connectivity index (χ1v) is 7.47. The molecule has 1 aromatic rings. The van der Waals surface area contributed by atoms with Crippen LogP contribution in [0.2, 0.25) is 0 Å². The summed E-state index contributed by atoms with van der Waals surface area (Å²) < 4.78 is 49.7. The molecule has 0 aliphatic rings. The predicted molar refractivity (Wildman–Crippen MR) is 57.4 cm³/mol. The molecule has 0 saturated carbocycles. The van der Waals surface area contributed by atoms with Gasteiger partial charge in [-0.2, -0.15) is 8.42 Å². The van der Waals surface area contributed by atoms with E-state index in [0.717, 1.165) is 18.4 Å². The number of carbonyl (C=O) groups is 1. The van der Waals surface area contributed by atoms with Crippen molar-refractivity contribution in [2.45, 2.75) is 9.79 Å². The number of sulfone groups is 1. The molecular formula is C8H9NO6S2. The molecule has 0 spiro atoms. The molecule has 0 bridgehead atoms. The Morgan fingerprint density at radius 3 is 2.00 bits per heavy atom. The van der Waals surface area contributed by atoms with Crippen LogP contribution in [-0.2, 0) is 24.1 Å². The van der Waals surface area contributed by atoms with Crippen molar-refractivity contribution in [3.05, 3.63) is 24.3 Å². The zero-order valence-corrected chi connectivity index (χ0v) is 10.3. The second kappa shape index (κ2) is 4.34. The molecule has 0 fully saturated rings. The maximum atomic E-state index is 11.5. The lowest BCUT2D eigenvalue weighted by Gasteiger charge is -2.07. The Hall–Kier alpha value is -1.61. The summed E-state index contributed by atoms with van der Waals surface area (Å²) in [6.45, 7) is 0. The van der Waals surface area contributed by atoms with Gasteiger partial charge in [-0.15, -0.1) is 0 Å². The van der Waals surface area contributed by atoms with Crippen LogP contribution >= 0.6 is 0 Å². The standard InChI is InChI=1S/C8H9NO6S2/c1-16(11,12)6-4-2-3-5-7(6)17(13,14)15-8(9)10/h2-5H,1H3,(H2,9,10). The van der Waals surface area contributed by atoms with Crippen LogP contribution in [-0.4, -0.2) is 29.2 Å². The van der Waals surface area contributed by atoms with Gasteiger partial charge in [0, 0.05) is 6.26 Å². The quantitative estimate of drug-likeness (QED) is 0.769. The number of hydrogen-bond acceptors (Lipinski definition) is 6. The van der Waals surface area contributed by atoms with Gasteiger partial charge in [0.2, 0.25) is 0 Å². The van der Waals surface area contributed by atoms with Crippen molar-refractivity contribution in [1.29, 1.82) is 0 Å². The predicted octanol–water partition coefficient (Wildman–Crippen LogP) is -0.126. The molecule has 7 nitrogen and oxygen atoms in total. The van der Waals surface area contributed by atoms with E-state index in [0.29, 0.717) is 0 Å². The third kappa shape index (κ3) is 3.17. The lowest BCUT2D eigenvalue weighted by molar-refractivity contribution is 0.212. The lowest BCUT2D eigenvalue weighted by Crippen LogP contribution is -2.20. The fourth-order valence-electron chi connectivity index (χ4n) is 1.12. The molecule has 0 heterocycles. The number of nitrogens with two attached hydrogens (primary N) is 1. The van der Waals surface area contributed by atoms with Crippen LogP contribution in [0.1, 0.15) is 0 Å². The summed E-state index contributed by atoms with van der Waals surface area (Å²) in [5.74, 6) is 0. The minimum atomic E-state index is -4.53. The molecule has 2 N–H and O–H groups in total. The van der Waals surface area contributed by atoms with Crippen LogP contribution in [0.4, 0.5) is 4.79 Å². The SMILES string of the molecule is CS(=O)(=O)c1ccccc1S(=O)(=O)OC(N)=O. The molecule has 0 aromatic heterocycles. The van der Waals surface area contributed by atoms with Crippen LogP contribution in [0.15, 0.2) is 34.1 Å². The van der Waals surface area contributed by atoms with Crippen LogP contribution in [0.25, 0.3) is 0 Å². The molecule has 0 radical (unpaired) electrons. The van der Waals surface area contributed by atoms with Gasteiger partial charge in [0.15, 0.2) is 9.84 Å². The highest BCUT2D eigenvalue weighted by atomic mass is 32.2. The molecular weight excluding hydrogens is 270 g/mol. The Morgan fingerprint density at radius 1 is 1.12 bits per heavy atom. The molecule has 1 amide bonds. The van der Waals surface area contributed by atoms with Gasteiger partial charge in [0.1, 0.15) is 4.90 Å². The smallest absolute Gasteiger partial charge is 0.334 e. The normalized spacial score (nSPS) is 12.1. The monoisotopic (exact) mass is 279 g/mol. The molecule has 0 aliphatic carbocycles. The van der Waals surface area contributed by atoms with Gasteiger partial charge >= 0.3 is 16.2 Å². The van der Waals surface area contributed by atoms with E-state index in [-0.39, 0.29) is 0 Å². The van der Waals surface area contributed by atoms with Crippen molar-refractivity contribution in [3.63, 3.8) is 0 Å². The fraction of sp³-hybridized carbons (Fsp3) is 0.125. The van der Waals surface area contributed by atoms with Crippen molar-refractivity contribution in [2.75, 3.05) is 6.26 Å². The molecule has 94 valence electrons. The summed E-state index contributed by atoms with van der Waals surface area (Å²) in [5, 5.41) is 0. The largest absolute Gasteiger partial charge is 0.420 e. The zero-order chi connectivity index (χ0) is 13.3. The minimum Gasteiger partial charge on any atom is -0.334 e. The Morgan fingerprint density at radius 2 is 1.59 bits per heavy atom. The summed E-state index contributed by atoms with van der Waals surface area (Å²) >= 11 is 0. The Kier molecular flexibility index (Phi) is 3.43. The van der Waals surface area contributed by atoms with E-state index in [1.807, 2.05) is 0 Å². The van der Waals surface area contributed by atoms with Crippen LogP contribution in [0, 0.1) is 0 Å². The highest BCUT2D eigenvalue weighted by Crippen LogP contribution is 2.22. The number of carbonyl (C=O) groups excluding carboxylic acids is 1. The molecule has 0 atom stereocenters. The maximum absolute atomic E-state index is 11.5.